The number of pyridine rings is 1. The third-order valence-corrected chi connectivity index (χ3v) is 4.34. The van der Waals surface area contributed by atoms with Crippen molar-refractivity contribution in [2.45, 2.75) is 19.3 Å². The van der Waals surface area contributed by atoms with Crippen molar-refractivity contribution in [2.75, 3.05) is 19.7 Å². The number of nitrogens with zero attached hydrogens (tertiary/aromatic N) is 2. The molecule has 0 radical (unpaired) electrons. The maximum Gasteiger partial charge on any atom is 0.226 e. The molecule has 3 rings (SSSR count). The van der Waals surface area contributed by atoms with Gasteiger partial charge in [-0.3, -0.25) is 4.79 Å². The zero-order chi connectivity index (χ0) is 16.8. The molecule has 1 fully saturated rings. The molecule has 0 atom stereocenters. The van der Waals surface area contributed by atoms with Crippen LogP contribution in [0.5, 0.6) is 11.6 Å². The third-order valence-electron chi connectivity index (χ3n) is 4.34. The molecule has 0 saturated carbocycles. The molecule has 126 valence electrons. The number of carbonyl (C=O) groups excluding carboxylic acids is 1. The molecule has 2 heterocycles. The van der Waals surface area contributed by atoms with Crippen molar-refractivity contribution in [1.29, 1.82) is 0 Å². The number of ether oxygens (including phenoxy) is 1. The maximum absolute atomic E-state index is 12.4. The predicted molar refractivity (Wildman–Crippen MR) is 90.8 cm³/mol. The molecule has 1 saturated heterocycles. The number of hydrogen-bond acceptors (Lipinski definition) is 4. The second-order valence-electron chi connectivity index (χ2n) is 6.15. The molecular weight excluding hydrogens is 304 g/mol. The van der Waals surface area contributed by atoms with Crippen molar-refractivity contribution < 1.29 is 14.6 Å². The van der Waals surface area contributed by atoms with Gasteiger partial charge in [0.05, 0.1) is 13.0 Å². The normalized spacial score (nSPS) is 15.2. The number of phenolic OH excluding ortho intramolecular Hbond substituents is 1. The minimum absolute atomic E-state index is 0.115. The number of rotatable bonds is 5. The van der Waals surface area contributed by atoms with Crippen LogP contribution in [-0.4, -0.2) is 40.6 Å². The number of likely N-dealkylation sites (tertiary alicyclic amines) is 1. The van der Waals surface area contributed by atoms with Gasteiger partial charge in [-0.1, -0.05) is 18.2 Å². The summed E-state index contributed by atoms with van der Waals surface area (Å²) in [4.78, 5) is 18.4. The largest absolute Gasteiger partial charge is 0.508 e. The number of benzene rings is 1. The standard InChI is InChI=1S/C19H22N2O3/c22-17-5-3-4-16(12-17)13-19(23)21-10-7-15(8-11-21)14-24-18-6-1-2-9-20-18/h1-6,9,12,15,22H,7-8,10-11,13-14H2. The molecule has 0 bridgehead atoms. The Morgan fingerprint density at radius 1 is 1.21 bits per heavy atom. The monoisotopic (exact) mass is 326 g/mol. The third kappa shape index (κ3) is 4.47. The fourth-order valence-electron chi connectivity index (χ4n) is 2.94. The minimum Gasteiger partial charge on any atom is -0.508 e. The van der Waals surface area contributed by atoms with E-state index >= 15 is 0 Å². The van der Waals surface area contributed by atoms with Crippen molar-refractivity contribution in [2.24, 2.45) is 5.92 Å². The Bertz CT molecular complexity index is 667. The van der Waals surface area contributed by atoms with E-state index in [0.717, 1.165) is 31.5 Å². The van der Waals surface area contributed by atoms with E-state index in [4.69, 9.17) is 4.74 Å². The van der Waals surface area contributed by atoms with Gasteiger partial charge in [0.15, 0.2) is 0 Å². The lowest BCUT2D eigenvalue weighted by atomic mass is 9.97. The molecular formula is C19H22N2O3. The van der Waals surface area contributed by atoms with Crippen LogP contribution in [0.15, 0.2) is 48.7 Å². The topological polar surface area (TPSA) is 62.7 Å². The Morgan fingerprint density at radius 2 is 2.04 bits per heavy atom. The van der Waals surface area contributed by atoms with Gasteiger partial charge in [-0.05, 0) is 42.5 Å². The summed E-state index contributed by atoms with van der Waals surface area (Å²) in [5.41, 5.74) is 0.848. The number of hydrogen-bond donors (Lipinski definition) is 1. The van der Waals surface area contributed by atoms with Crippen LogP contribution in [-0.2, 0) is 11.2 Å². The van der Waals surface area contributed by atoms with Crippen LogP contribution in [0, 0.1) is 5.92 Å². The molecule has 1 N–H and O–H groups in total. The molecule has 1 aromatic heterocycles. The number of piperidine rings is 1. The average molecular weight is 326 g/mol. The molecule has 0 aliphatic carbocycles. The van der Waals surface area contributed by atoms with Gasteiger partial charge in [-0.2, -0.15) is 0 Å². The summed E-state index contributed by atoms with van der Waals surface area (Å²) < 4.78 is 5.71. The van der Waals surface area contributed by atoms with Crippen LogP contribution in [0.1, 0.15) is 18.4 Å². The Balaban J connectivity index is 1.43. The minimum atomic E-state index is 0.115. The van der Waals surface area contributed by atoms with E-state index in [0.29, 0.717) is 24.8 Å². The highest BCUT2D eigenvalue weighted by atomic mass is 16.5. The fraction of sp³-hybridized carbons (Fsp3) is 0.368. The zero-order valence-electron chi connectivity index (χ0n) is 13.6. The number of aromatic nitrogens is 1. The molecule has 1 aliphatic heterocycles. The van der Waals surface area contributed by atoms with E-state index in [-0.39, 0.29) is 11.7 Å². The molecule has 0 unspecified atom stereocenters. The van der Waals surface area contributed by atoms with E-state index in [2.05, 4.69) is 4.98 Å². The Hall–Kier alpha value is -2.56. The van der Waals surface area contributed by atoms with Gasteiger partial charge in [0.2, 0.25) is 11.8 Å². The molecule has 1 aromatic carbocycles. The van der Waals surface area contributed by atoms with Gasteiger partial charge in [-0.25, -0.2) is 4.98 Å². The summed E-state index contributed by atoms with van der Waals surface area (Å²) >= 11 is 0. The Kier molecular flexibility index (Phi) is 5.31. The van der Waals surface area contributed by atoms with E-state index < -0.39 is 0 Å². The highest BCUT2D eigenvalue weighted by Crippen LogP contribution is 2.20. The highest BCUT2D eigenvalue weighted by molar-refractivity contribution is 5.79. The molecule has 2 aromatic rings. The molecule has 5 nitrogen and oxygen atoms in total. The van der Waals surface area contributed by atoms with Crippen molar-refractivity contribution in [1.82, 2.24) is 9.88 Å². The first-order valence-electron chi connectivity index (χ1n) is 8.30. The number of amides is 1. The first-order valence-corrected chi connectivity index (χ1v) is 8.30. The van der Waals surface area contributed by atoms with Gasteiger partial charge in [0.25, 0.3) is 0 Å². The first kappa shape index (κ1) is 16.3. The smallest absolute Gasteiger partial charge is 0.226 e. The van der Waals surface area contributed by atoms with Gasteiger partial charge in [0.1, 0.15) is 5.75 Å². The van der Waals surface area contributed by atoms with Crippen LogP contribution in [0.4, 0.5) is 0 Å². The lowest BCUT2D eigenvalue weighted by molar-refractivity contribution is -0.132. The maximum atomic E-state index is 12.4. The predicted octanol–water partition coefficient (Wildman–Crippen LogP) is 2.65. The molecule has 0 spiro atoms. The van der Waals surface area contributed by atoms with E-state index in [1.165, 1.54) is 0 Å². The number of phenols is 1. The average Bonchev–Trinajstić information content (AvgIpc) is 2.61. The molecule has 1 amide bonds. The quantitative estimate of drug-likeness (QED) is 0.917. The zero-order valence-corrected chi connectivity index (χ0v) is 13.6. The van der Waals surface area contributed by atoms with Gasteiger partial charge in [-0.15, -0.1) is 0 Å². The van der Waals surface area contributed by atoms with Crippen molar-refractivity contribution in [3.05, 3.63) is 54.2 Å². The summed E-state index contributed by atoms with van der Waals surface area (Å²) in [6, 6.07) is 12.5. The summed E-state index contributed by atoms with van der Waals surface area (Å²) in [6.45, 7) is 2.16. The first-order chi connectivity index (χ1) is 11.7. The summed E-state index contributed by atoms with van der Waals surface area (Å²) in [7, 11) is 0. The van der Waals surface area contributed by atoms with Crippen LogP contribution in [0.2, 0.25) is 0 Å². The second kappa shape index (κ2) is 7.81. The summed E-state index contributed by atoms with van der Waals surface area (Å²) in [5.74, 6) is 1.42. The fourth-order valence-corrected chi connectivity index (χ4v) is 2.94. The van der Waals surface area contributed by atoms with Crippen molar-refractivity contribution in [3.63, 3.8) is 0 Å². The number of aromatic hydroxyl groups is 1. The lowest BCUT2D eigenvalue weighted by Gasteiger charge is -2.32. The van der Waals surface area contributed by atoms with Gasteiger partial charge in [0, 0.05) is 25.4 Å². The van der Waals surface area contributed by atoms with E-state index in [1.54, 1.807) is 24.4 Å². The van der Waals surface area contributed by atoms with E-state index in [1.807, 2.05) is 29.2 Å². The summed E-state index contributed by atoms with van der Waals surface area (Å²) in [6.07, 6.45) is 3.94. The van der Waals surface area contributed by atoms with Crippen molar-refractivity contribution >= 4 is 5.91 Å². The molecule has 24 heavy (non-hydrogen) atoms. The number of carbonyl (C=O) groups is 1. The van der Waals surface area contributed by atoms with Gasteiger partial charge < -0.3 is 14.7 Å². The SMILES string of the molecule is O=C(Cc1cccc(O)c1)N1CCC(COc2ccccn2)CC1. The highest BCUT2D eigenvalue weighted by Gasteiger charge is 2.23. The van der Waals surface area contributed by atoms with Crippen molar-refractivity contribution in [3.8, 4) is 11.6 Å². The molecule has 1 aliphatic rings. The summed E-state index contributed by atoms with van der Waals surface area (Å²) in [5, 5.41) is 9.48. The Morgan fingerprint density at radius 3 is 2.75 bits per heavy atom. The van der Waals surface area contributed by atoms with Crippen LogP contribution in [0.25, 0.3) is 0 Å². The van der Waals surface area contributed by atoms with Gasteiger partial charge >= 0.3 is 0 Å². The second-order valence-corrected chi connectivity index (χ2v) is 6.15. The molecule has 5 heteroatoms. The van der Waals surface area contributed by atoms with Crippen LogP contribution < -0.4 is 4.74 Å². The lowest BCUT2D eigenvalue weighted by Crippen LogP contribution is -2.40. The van der Waals surface area contributed by atoms with Crippen LogP contribution >= 0.6 is 0 Å². The Labute approximate surface area is 141 Å². The van der Waals surface area contributed by atoms with E-state index in [9.17, 15) is 9.90 Å². The van der Waals surface area contributed by atoms with Crippen LogP contribution in [0.3, 0.4) is 0 Å².